The van der Waals surface area contributed by atoms with Crippen molar-refractivity contribution < 1.29 is 0 Å². The second-order valence-corrected chi connectivity index (χ2v) is 2.91. The van der Waals surface area contributed by atoms with Crippen molar-refractivity contribution in [1.82, 2.24) is 14.5 Å². The molecule has 1 aromatic rings. The van der Waals surface area contributed by atoms with E-state index in [4.69, 9.17) is 5.41 Å². The van der Waals surface area contributed by atoms with Gasteiger partial charge in [0.1, 0.15) is 11.5 Å². The highest BCUT2D eigenvalue weighted by Crippen LogP contribution is 2.02. The number of aryl methyl sites for hydroxylation is 1. The Kier molecular flexibility index (Phi) is 3.06. The Morgan fingerprint density at radius 2 is 2.15 bits per heavy atom. The van der Waals surface area contributed by atoms with Crippen molar-refractivity contribution in [2.24, 2.45) is 7.05 Å². The van der Waals surface area contributed by atoms with Gasteiger partial charge in [0.05, 0.1) is 12.5 Å². The lowest BCUT2D eigenvalue weighted by Gasteiger charge is -2.21. The van der Waals surface area contributed by atoms with Crippen LogP contribution >= 0.6 is 0 Å². The molecule has 0 radical (unpaired) electrons. The van der Waals surface area contributed by atoms with E-state index in [9.17, 15) is 0 Å². The van der Waals surface area contributed by atoms with Gasteiger partial charge in [-0.2, -0.15) is 0 Å². The predicted octanol–water partition coefficient (Wildman–Crippen LogP) is 1.09. The maximum Gasteiger partial charge on any atom is 0.146 e. The van der Waals surface area contributed by atoms with Gasteiger partial charge >= 0.3 is 0 Å². The maximum atomic E-state index is 7.91. The van der Waals surface area contributed by atoms with E-state index < -0.39 is 0 Å². The SMILES string of the molecule is CCN(CC)C(=N)c1cncn1C. The number of aromatic nitrogens is 2. The minimum atomic E-state index is 0.546. The first kappa shape index (κ1) is 9.77. The van der Waals surface area contributed by atoms with Gasteiger partial charge in [0.2, 0.25) is 0 Å². The fourth-order valence-electron chi connectivity index (χ4n) is 1.29. The Balaban J connectivity index is 2.84. The van der Waals surface area contributed by atoms with Crippen molar-refractivity contribution >= 4 is 5.84 Å². The minimum Gasteiger partial charge on any atom is -0.356 e. The summed E-state index contributed by atoms with van der Waals surface area (Å²) in [5, 5.41) is 7.91. The largest absolute Gasteiger partial charge is 0.356 e. The first-order valence-electron chi connectivity index (χ1n) is 4.50. The Morgan fingerprint density at radius 1 is 1.54 bits per heavy atom. The van der Waals surface area contributed by atoms with Crippen LogP contribution in [0.15, 0.2) is 12.5 Å². The number of amidine groups is 1. The lowest BCUT2D eigenvalue weighted by atomic mass is 10.3. The summed E-state index contributed by atoms with van der Waals surface area (Å²) in [6.45, 7) is 5.82. The van der Waals surface area contributed by atoms with Crippen molar-refractivity contribution in [3.05, 3.63) is 18.2 Å². The van der Waals surface area contributed by atoms with Crippen LogP contribution < -0.4 is 0 Å². The highest BCUT2D eigenvalue weighted by Gasteiger charge is 2.10. The molecule has 0 spiro atoms. The third kappa shape index (κ3) is 1.88. The Hall–Kier alpha value is -1.32. The Labute approximate surface area is 78.7 Å². The average Bonchev–Trinajstić information content (AvgIpc) is 2.53. The molecule has 4 nitrogen and oxygen atoms in total. The van der Waals surface area contributed by atoms with E-state index in [0.29, 0.717) is 5.84 Å². The second kappa shape index (κ2) is 4.07. The highest BCUT2D eigenvalue weighted by molar-refractivity contribution is 5.94. The molecule has 0 aliphatic heterocycles. The van der Waals surface area contributed by atoms with E-state index in [1.54, 1.807) is 12.5 Å². The molecule has 1 heterocycles. The molecule has 4 heteroatoms. The standard InChI is InChI=1S/C9H16N4/c1-4-13(5-2)9(10)8-6-11-7-12(8)3/h6-7,10H,4-5H2,1-3H3. The van der Waals surface area contributed by atoms with E-state index in [-0.39, 0.29) is 0 Å². The van der Waals surface area contributed by atoms with Gasteiger partial charge in [-0.15, -0.1) is 0 Å². The molecule has 0 saturated heterocycles. The predicted molar refractivity (Wildman–Crippen MR) is 53.0 cm³/mol. The van der Waals surface area contributed by atoms with E-state index in [1.165, 1.54) is 0 Å². The maximum absolute atomic E-state index is 7.91. The smallest absolute Gasteiger partial charge is 0.146 e. The second-order valence-electron chi connectivity index (χ2n) is 2.91. The summed E-state index contributed by atoms with van der Waals surface area (Å²) < 4.78 is 1.86. The van der Waals surface area contributed by atoms with Crippen LogP contribution in [0.3, 0.4) is 0 Å². The summed E-state index contributed by atoms with van der Waals surface area (Å²) in [5.74, 6) is 0.546. The van der Waals surface area contributed by atoms with Gasteiger partial charge in [-0.1, -0.05) is 0 Å². The monoisotopic (exact) mass is 180 g/mol. The number of rotatable bonds is 3. The fraction of sp³-hybridized carbons (Fsp3) is 0.556. The summed E-state index contributed by atoms with van der Waals surface area (Å²) in [6, 6.07) is 0. The van der Waals surface area contributed by atoms with Gasteiger partial charge in [0, 0.05) is 20.1 Å². The minimum absolute atomic E-state index is 0.546. The number of nitrogens with one attached hydrogen (secondary N) is 1. The molecule has 0 atom stereocenters. The van der Waals surface area contributed by atoms with Gasteiger partial charge < -0.3 is 9.47 Å². The zero-order valence-corrected chi connectivity index (χ0v) is 8.41. The number of hydrogen-bond donors (Lipinski definition) is 1. The molecule has 0 aliphatic rings. The van der Waals surface area contributed by atoms with Crippen molar-refractivity contribution in [2.75, 3.05) is 13.1 Å². The Bertz CT molecular complexity index is 286. The normalized spacial score (nSPS) is 10.1. The van der Waals surface area contributed by atoms with Crippen LogP contribution in [0.1, 0.15) is 19.5 Å². The van der Waals surface area contributed by atoms with Crippen LogP contribution in [0.2, 0.25) is 0 Å². The van der Waals surface area contributed by atoms with Crippen LogP contribution in [-0.2, 0) is 7.05 Å². The third-order valence-electron chi connectivity index (χ3n) is 2.14. The molecule has 0 amide bonds. The molecule has 1 N–H and O–H groups in total. The molecule has 0 bridgehead atoms. The van der Waals surface area contributed by atoms with Crippen LogP contribution in [0.25, 0.3) is 0 Å². The third-order valence-corrected chi connectivity index (χ3v) is 2.14. The molecule has 13 heavy (non-hydrogen) atoms. The zero-order valence-electron chi connectivity index (χ0n) is 8.41. The lowest BCUT2D eigenvalue weighted by Crippen LogP contribution is -2.31. The number of nitrogens with zero attached hydrogens (tertiary/aromatic N) is 3. The van der Waals surface area contributed by atoms with E-state index >= 15 is 0 Å². The van der Waals surface area contributed by atoms with Gasteiger partial charge in [-0.3, -0.25) is 5.41 Å². The van der Waals surface area contributed by atoms with Gasteiger partial charge in [-0.25, -0.2) is 4.98 Å². The fourth-order valence-corrected chi connectivity index (χ4v) is 1.29. The van der Waals surface area contributed by atoms with Crippen molar-refractivity contribution in [3.63, 3.8) is 0 Å². The molecule has 0 fully saturated rings. The van der Waals surface area contributed by atoms with Crippen LogP contribution in [-0.4, -0.2) is 33.4 Å². The lowest BCUT2D eigenvalue weighted by molar-refractivity contribution is 0.461. The highest BCUT2D eigenvalue weighted by atomic mass is 15.2. The van der Waals surface area contributed by atoms with Crippen LogP contribution in [0.4, 0.5) is 0 Å². The summed E-state index contributed by atoms with van der Waals surface area (Å²) in [4.78, 5) is 5.99. The molecule has 0 aliphatic carbocycles. The van der Waals surface area contributed by atoms with Gasteiger partial charge in [0.15, 0.2) is 0 Å². The summed E-state index contributed by atoms with van der Waals surface area (Å²) in [7, 11) is 1.90. The molecule has 1 aromatic heterocycles. The zero-order chi connectivity index (χ0) is 9.84. The topological polar surface area (TPSA) is 44.9 Å². The van der Waals surface area contributed by atoms with Crippen molar-refractivity contribution in [2.45, 2.75) is 13.8 Å². The first-order valence-corrected chi connectivity index (χ1v) is 4.50. The molecule has 1 rings (SSSR count). The average molecular weight is 180 g/mol. The quantitative estimate of drug-likeness (QED) is 0.559. The molecule has 0 aromatic carbocycles. The summed E-state index contributed by atoms with van der Waals surface area (Å²) in [6.07, 6.45) is 3.44. The van der Waals surface area contributed by atoms with Crippen molar-refractivity contribution in [3.8, 4) is 0 Å². The van der Waals surface area contributed by atoms with Gasteiger partial charge in [0.25, 0.3) is 0 Å². The molecule has 72 valence electrons. The van der Waals surface area contributed by atoms with E-state index in [2.05, 4.69) is 18.8 Å². The summed E-state index contributed by atoms with van der Waals surface area (Å²) >= 11 is 0. The molecular formula is C9H16N4. The number of hydrogen-bond acceptors (Lipinski definition) is 2. The number of imidazole rings is 1. The van der Waals surface area contributed by atoms with Crippen LogP contribution in [0, 0.1) is 5.41 Å². The summed E-state index contributed by atoms with van der Waals surface area (Å²) in [5.41, 5.74) is 0.865. The molecular weight excluding hydrogens is 164 g/mol. The van der Waals surface area contributed by atoms with Crippen LogP contribution in [0.5, 0.6) is 0 Å². The molecule has 0 saturated carbocycles. The van der Waals surface area contributed by atoms with E-state index in [0.717, 1.165) is 18.8 Å². The first-order chi connectivity index (χ1) is 6.20. The molecule has 0 unspecified atom stereocenters. The van der Waals surface area contributed by atoms with E-state index in [1.807, 2.05) is 16.5 Å². The van der Waals surface area contributed by atoms with Gasteiger partial charge in [-0.05, 0) is 13.8 Å². The van der Waals surface area contributed by atoms with Crippen molar-refractivity contribution in [1.29, 1.82) is 5.41 Å². The Morgan fingerprint density at radius 3 is 2.54 bits per heavy atom.